The van der Waals surface area contributed by atoms with Crippen LogP contribution in [0.4, 0.5) is 14.9 Å². The van der Waals surface area contributed by atoms with Gasteiger partial charge in [-0.15, -0.1) is 0 Å². The Balaban J connectivity index is 1.00. The van der Waals surface area contributed by atoms with Crippen LogP contribution in [0.3, 0.4) is 0 Å². The largest absolute Gasteiger partial charge is 0.508 e. The number of benzene rings is 4. The number of carbonyl (C=O) groups excluding carboxylic acids is 2. The van der Waals surface area contributed by atoms with Gasteiger partial charge in [-0.3, -0.25) is 10.1 Å². The number of aromatic hydroxyl groups is 1. The van der Waals surface area contributed by atoms with Crippen LogP contribution >= 0.6 is 0 Å². The van der Waals surface area contributed by atoms with Crippen molar-refractivity contribution in [1.29, 1.82) is 0 Å². The van der Waals surface area contributed by atoms with Crippen molar-refractivity contribution in [2.75, 3.05) is 31.5 Å². The molecule has 4 aromatic carbocycles. The Bertz CT molecular complexity index is 1520. The molecule has 0 radical (unpaired) electrons. The maximum atomic E-state index is 13.9. The second-order valence-corrected chi connectivity index (χ2v) is 10.7. The van der Waals surface area contributed by atoms with Crippen molar-refractivity contribution in [3.05, 3.63) is 120 Å². The van der Waals surface area contributed by atoms with Crippen LogP contribution in [0.2, 0.25) is 0 Å². The first-order chi connectivity index (χ1) is 20.9. The van der Waals surface area contributed by atoms with E-state index in [4.69, 9.17) is 4.74 Å². The number of piperidine rings is 1. The van der Waals surface area contributed by atoms with Crippen LogP contribution in [0.1, 0.15) is 34.3 Å². The quantitative estimate of drug-likeness (QED) is 0.201. The third-order valence-corrected chi connectivity index (χ3v) is 7.69. The Morgan fingerprint density at radius 1 is 0.860 bits per heavy atom. The number of anilines is 1. The van der Waals surface area contributed by atoms with Gasteiger partial charge in [0.15, 0.2) is 0 Å². The molecule has 0 saturated carbocycles. The molecule has 1 saturated heterocycles. The first kappa shape index (κ1) is 29.8. The lowest BCUT2D eigenvalue weighted by atomic mass is 10.0. The van der Waals surface area contributed by atoms with Gasteiger partial charge in [0, 0.05) is 37.8 Å². The molecule has 0 unspecified atom stereocenters. The van der Waals surface area contributed by atoms with E-state index in [1.54, 1.807) is 0 Å². The molecule has 8 heteroatoms. The van der Waals surface area contributed by atoms with Gasteiger partial charge in [-0.05, 0) is 60.6 Å². The van der Waals surface area contributed by atoms with E-state index in [0.29, 0.717) is 13.0 Å². The molecule has 0 bridgehead atoms. The number of nitrogens with zero attached hydrogens (tertiary/aromatic N) is 1. The molecule has 1 fully saturated rings. The molecule has 0 aromatic heterocycles. The molecule has 3 N–H and O–H groups in total. The Hall–Kier alpha value is -4.69. The lowest BCUT2D eigenvalue weighted by Crippen LogP contribution is -2.39. The van der Waals surface area contributed by atoms with Crippen molar-refractivity contribution in [3.63, 3.8) is 0 Å². The lowest BCUT2D eigenvalue weighted by molar-refractivity contribution is 0.0593. The summed E-state index contributed by atoms with van der Waals surface area (Å²) in [5.74, 6) is -1.46. The van der Waals surface area contributed by atoms with Crippen LogP contribution in [0.5, 0.6) is 5.75 Å². The van der Waals surface area contributed by atoms with Gasteiger partial charge in [0.1, 0.15) is 17.7 Å². The van der Waals surface area contributed by atoms with Crippen LogP contribution in [0, 0.1) is 5.82 Å². The molecule has 0 atom stereocenters. The monoisotopic (exact) mass is 581 g/mol. The molecule has 7 nitrogen and oxygen atoms in total. The van der Waals surface area contributed by atoms with E-state index in [1.165, 1.54) is 17.7 Å². The summed E-state index contributed by atoms with van der Waals surface area (Å²) >= 11 is 0. The Kier molecular flexibility index (Phi) is 10.0. The van der Waals surface area contributed by atoms with Gasteiger partial charge in [0.25, 0.3) is 5.91 Å². The minimum absolute atomic E-state index is 0.0865. The maximum Gasteiger partial charge on any atom is 0.411 e. The first-order valence-electron chi connectivity index (χ1n) is 14.6. The van der Waals surface area contributed by atoms with Crippen molar-refractivity contribution < 1.29 is 23.8 Å². The highest BCUT2D eigenvalue weighted by atomic mass is 19.1. The summed E-state index contributed by atoms with van der Waals surface area (Å²) in [7, 11) is 0. The van der Waals surface area contributed by atoms with Gasteiger partial charge < -0.3 is 20.1 Å². The molecule has 43 heavy (non-hydrogen) atoms. The number of phenolic OH excluding ortho intramolecular Hbond substituents is 1. The molecule has 4 aromatic rings. The Morgan fingerprint density at radius 2 is 1.53 bits per heavy atom. The second-order valence-electron chi connectivity index (χ2n) is 10.7. The molecular formula is C35H36FN3O4. The maximum absolute atomic E-state index is 13.9. The lowest BCUT2D eigenvalue weighted by Gasteiger charge is -2.31. The normalized spacial score (nSPS) is 13.8. The minimum Gasteiger partial charge on any atom is -0.508 e. The van der Waals surface area contributed by atoms with E-state index < -0.39 is 17.8 Å². The van der Waals surface area contributed by atoms with E-state index in [-0.39, 0.29) is 17.4 Å². The van der Waals surface area contributed by atoms with Crippen LogP contribution < -0.4 is 10.6 Å². The fraction of sp³-hybridized carbons (Fsp3) is 0.257. The van der Waals surface area contributed by atoms with Gasteiger partial charge in [-0.25, -0.2) is 9.18 Å². The first-order valence-corrected chi connectivity index (χ1v) is 14.6. The van der Waals surface area contributed by atoms with E-state index in [0.717, 1.165) is 67.3 Å². The van der Waals surface area contributed by atoms with Gasteiger partial charge in [-0.2, -0.15) is 0 Å². The van der Waals surface area contributed by atoms with E-state index >= 15 is 0 Å². The average Bonchev–Trinajstić information content (AvgIpc) is 3.02. The van der Waals surface area contributed by atoms with Crippen LogP contribution in [-0.2, 0) is 17.6 Å². The molecule has 0 aliphatic carbocycles. The number of likely N-dealkylation sites (tertiary alicyclic amines) is 1. The molecule has 222 valence electrons. The molecule has 1 heterocycles. The number of carbonyl (C=O) groups is 2. The zero-order valence-corrected chi connectivity index (χ0v) is 24.0. The predicted molar refractivity (Wildman–Crippen MR) is 166 cm³/mol. The number of hydrogen-bond donors (Lipinski definition) is 3. The highest BCUT2D eigenvalue weighted by Gasteiger charge is 2.22. The number of ether oxygens (including phenoxy) is 1. The fourth-order valence-corrected chi connectivity index (χ4v) is 5.27. The van der Waals surface area contributed by atoms with Crippen molar-refractivity contribution in [2.24, 2.45) is 0 Å². The minimum atomic E-state index is -0.746. The standard InChI is InChI=1S/C35H36FN3O4/c36-32-24-28(40)14-15-31(32)34(41)37-20-16-25-10-12-26(13-11-25)17-21-39-22-18-29(19-23-39)43-35(42)38-33-9-5-4-8-30(33)27-6-2-1-3-7-27/h1-15,24,29,40H,16-23H2,(H,37,41)(H,38,42). The van der Waals surface area contributed by atoms with Crippen LogP contribution in [0.25, 0.3) is 11.1 Å². The summed E-state index contributed by atoms with van der Waals surface area (Å²) in [5, 5.41) is 15.0. The van der Waals surface area contributed by atoms with Crippen molar-refractivity contribution in [1.82, 2.24) is 10.2 Å². The number of amides is 2. The predicted octanol–water partition coefficient (Wildman–Crippen LogP) is 6.43. The van der Waals surface area contributed by atoms with Crippen molar-refractivity contribution in [2.45, 2.75) is 31.8 Å². The zero-order chi connectivity index (χ0) is 30.0. The number of hydrogen-bond acceptors (Lipinski definition) is 5. The van der Waals surface area contributed by atoms with Gasteiger partial charge in [0.2, 0.25) is 0 Å². The summed E-state index contributed by atoms with van der Waals surface area (Å²) in [6, 6.07) is 29.5. The SMILES string of the molecule is O=C(Nc1ccccc1-c1ccccc1)OC1CCN(CCc2ccc(CCNC(=O)c3ccc(O)cc3F)cc2)CC1. The number of nitrogens with one attached hydrogen (secondary N) is 2. The van der Waals surface area contributed by atoms with E-state index in [9.17, 15) is 19.1 Å². The molecule has 0 spiro atoms. The number of halogens is 1. The van der Waals surface area contributed by atoms with Crippen LogP contribution in [0.15, 0.2) is 97.1 Å². The highest BCUT2D eigenvalue weighted by molar-refractivity contribution is 5.94. The second kappa shape index (κ2) is 14.5. The number of rotatable bonds is 10. The summed E-state index contributed by atoms with van der Waals surface area (Å²) in [6.45, 7) is 3.06. The van der Waals surface area contributed by atoms with Gasteiger partial charge >= 0.3 is 6.09 Å². The topological polar surface area (TPSA) is 90.9 Å². The van der Waals surface area contributed by atoms with E-state index in [2.05, 4.69) is 39.8 Å². The summed E-state index contributed by atoms with van der Waals surface area (Å²) < 4.78 is 19.6. The fourth-order valence-electron chi connectivity index (χ4n) is 5.27. The summed E-state index contributed by atoms with van der Waals surface area (Å²) in [6.07, 6.45) is 2.61. The number of para-hydroxylation sites is 1. The molecular weight excluding hydrogens is 545 g/mol. The Morgan fingerprint density at radius 3 is 2.26 bits per heavy atom. The van der Waals surface area contributed by atoms with Gasteiger partial charge in [0.05, 0.1) is 11.3 Å². The molecule has 2 amide bonds. The van der Waals surface area contributed by atoms with Crippen molar-refractivity contribution in [3.8, 4) is 16.9 Å². The zero-order valence-electron chi connectivity index (χ0n) is 24.0. The van der Waals surface area contributed by atoms with Crippen molar-refractivity contribution >= 4 is 17.7 Å². The molecule has 5 rings (SSSR count). The number of phenols is 1. The molecule has 1 aliphatic heterocycles. The average molecular weight is 582 g/mol. The Labute approximate surface area is 251 Å². The third kappa shape index (κ3) is 8.42. The van der Waals surface area contributed by atoms with Crippen LogP contribution in [-0.4, -0.2) is 54.3 Å². The smallest absolute Gasteiger partial charge is 0.411 e. The third-order valence-electron chi connectivity index (χ3n) is 7.69. The highest BCUT2D eigenvalue weighted by Crippen LogP contribution is 2.28. The molecule has 1 aliphatic rings. The van der Waals surface area contributed by atoms with E-state index in [1.807, 2.05) is 54.6 Å². The van der Waals surface area contributed by atoms with Gasteiger partial charge in [-0.1, -0.05) is 72.8 Å². The summed E-state index contributed by atoms with van der Waals surface area (Å²) in [5.41, 5.74) is 4.95. The summed E-state index contributed by atoms with van der Waals surface area (Å²) in [4.78, 5) is 27.3.